The van der Waals surface area contributed by atoms with E-state index in [1.165, 1.54) is 13.3 Å². The van der Waals surface area contributed by atoms with Gasteiger partial charge in [-0.3, -0.25) is 4.79 Å². The lowest BCUT2D eigenvalue weighted by molar-refractivity contribution is -0.142. The van der Waals surface area contributed by atoms with Crippen LogP contribution in [0.1, 0.15) is 5.56 Å². The molecule has 2 aromatic carbocycles. The topological polar surface area (TPSA) is 103 Å². The third-order valence-electron chi connectivity index (χ3n) is 3.64. The zero-order chi connectivity index (χ0) is 19.4. The first-order chi connectivity index (χ1) is 13.0. The van der Waals surface area contributed by atoms with Crippen molar-refractivity contribution in [1.82, 2.24) is 9.66 Å². The number of fused-ring (bicyclic) bond motifs is 1. The Balaban J connectivity index is 1.87. The molecule has 0 amide bonds. The summed E-state index contributed by atoms with van der Waals surface area (Å²) >= 11 is 2.05. The molecular weight excluding hydrogens is 465 g/mol. The van der Waals surface area contributed by atoms with E-state index in [0.717, 1.165) is 8.25 Å². The van der Waals surface area contributed by atoms with Gasteiger partial charge in [-0.1, -0.05) is 12.1 Å². The number of nitrogens with zero attached hydrogens (tertiary/aromatic N) is 2. The second-order valence-corrected chi connectivity index (χ2v) is 6.55. The molecular formula is C18H14IN3O5. The lowest BCUT2D eigenvalue weighted by atomic mass is 10.2. The maximum Gasteiger partial charge on any atom is 0.349 e. The average Bonchev–Trinajstić information content (AvgIpc) is 2.66. The molecule has 0 aliphatic carbocycles. The van der Waals surface area contributed by atoms with Gasteiger partial charge in [0.25, 0.3) is 5.56 Å². The number of carbonyl (C=O) groups excluding carboxylic acids is 1. The van der Waals surface area contributed by atoms with Crippen LogP contribution in [0.15, 0.2) is 57.2 Å². The molecule has 9 heteroatoms. The maximum atomic E-state index is 12.4. The fourth-order valence-corrected chi connectivity index (χ4v) is 2.99. The summed E-state index contributed by atoms with van der Waals surface area (Å²) in [6, 6.07) is 11.8. The summed E-state index contributed by atoms with van der Waals surface area (Å²) in [6.45, 7) is -0.193. The lowest BCUT2D eigenvalue weighted by Gasteiger charge is -2.07. The molecule has 8 nitrogen and oxygen atoms in total. The van der Waals surface area contributed by atoms with E-state index in [2.05, 4.69) is 14.8 Å². The predicted octanol–water partition coefficient (Wildman–Crippen LogP) is 1.73. The molecule has 1 heterocycles. The molecule has 0 radical (unpaired) electrons. The Morgan fingerprint density at radius 3 is 2.78 bits per heavy atom. The van der Waals surface area contributed by atoms with Crippen molar-refractivity contribution in [2.45, 2.75) is 0 Å². The fourth-order valence-electron chi connectivity index (χ4n) is 2.29. The predicted molar refractivity (Wildman–Crippen MR) is 108 cm³/mol. The van der Waals surface area contributed by atoms with Crippen LogP contribution < -0.4 is 16.0 Å². The van der Waals surface area contributed by atoms with Gasteiger partial charge in [-0.25, -0.2) is 9.59 Å². The number of aromatic amines is 1. The van der Waals surface area contributed by atoms with Gasteiger partial charge in [0.2, 0.25) is 0 Å². The highest BCUT2D eigenvalue weighted by Crippen LogP contribution is 2.21. The number of carbonyl (C=O) groups is 1. The van der Waals surface area contributed by atoms with E-state index in [0.29, 0.717) is 22.2 Å². The minimum Gasteiger partial charge on any atom is -0.481 e. The largest absolute Gasteiger partial charge is 0.481 e. The van der Waals surface area contributed by atoms with Gasteiger partial charge in [-0.2, -0.15) is 5.10 Å². The minimum absolute atomic E-state index is 0.193. The van der Waals surface area contributed by atoms with E-state index < -0.39 is 17.2 Å². The molecule has 0 atom stereocenters. The Hall–Kier alpha value is -2.95. The summed E-state index contributed by atoms with van der Waals surface area (Å²) in [7, 11) is 1.28. The number of esters is 1. The van der Waals surface area contributed by atoms with Crippen LogP contribution in [0.5, 0.6) is 5.75 Å². The number of ether oxygens (including phenoxy) is 2. The summed E-state index contributed by atoms with van der Waals surface area (Å²) in [6.07, 6.45) is 1.40. The molecule has 138 valence electrons. The first kappa shape index (κ1) is 18.8. The van der Waals surface area contributed by atoms with E-state index in [4.69, 9.17) is 4.74 Å². The molecule has 0 saturated carbocycles. The zero-order valence-electron chi connectivity index (χ0n) is 14.1. The van der Waals surface area contributed by atoms with Crippen LogP contribution in [0, 0.1) is 3.57 Å². The highest BCUT2D eigenvalue weighted by Gasteiger charge is 2.07. The van der Waals surface area contributed by atoms with Crippen molar-refractivity contribution in [2.24, 2.45) is 5.10 Å². The number of para-hydroxylation sites is 1. The Morgan fingerprint density at radius 1 is 1.26 bits per heavy atom. The van der Waals surface area contributed by atoms with Gasteiger partial charge in [0.15, 0.2) is 6.61 Å². The van der Waals surface area contributed by atoms with Crippen LogP contribution >= 0.6 is 22.6 Å². The van der Waals surface area contributed by atoms with Crippen LogP contribution in [-0.4, -0.2) is 35.6 Å². The molecule has 0 bridgehead atoms. The van der Waals surface area contributed by atoms with Crippen LogP contribution in [0.2, 0.25) is 0 Å². The number of benzene rings is 2. The zero-order valence-corrected chi connectivity index (χ0v) is 16.3. The number of hydrogen-bond donors (Lipinski definition) is 1. The van der Waals surface area contributed by atoms with Gasteiger partial charge < -0.3 is 14.5 Å². The quantitative estimate of drug-likeness (QED) is 0.341. The molecule has 1 aromatic heterocycles. The van der Waals surface area contributed by atoms with Crippen molar-refractivity contribution in [2.75, 3.05) is 13.7 Å². The highest BCUT2D eigenvalue weighted by atomic mass is 127. The SMILES string of the molecule is COC(=O)COc1ccc(C=Nn2c(=O)[nH]c3ccccc3c2=O)cc1I. The summed E-state index contributed by atoms with van der Waals surface area (Å²) in [4.78, 5) is 38.3. The number of aromatic nitrogens is 2. The number of methoxy groups -OCH3 is 1. The second kappa shape index (κ2) is 8.16. The number of rotatable bonds is 5. The standard InChI is InChI=1S/C18H14IN3O5/c1-26-16(23)10-27-15-7-6-11(8-13(15)19)9-20-22-17(24)12-4-2-3-5-14(12)21-18(22)25/h2-9H,10H2,1H3,(H,21,25). The third-order valence-corrected chi connectivity index (χ3v) is 4.48. The van der Waals surface area contributed by atoms with Gasteiger partial charge >= 0.3 is 11.7 Å². The van der Waals surface area contributed by atoms with E-state index in [1.54, 1.807) is 42.5 Å². The smallest absolute Gasteiger partial charge is 0.349 e. The van der Waals surface area contributed by atoms with Gasteiger partial charge in [0, 0.05) is 0 Å². The normalized spacial score (nSPS) is 11.0. The second-order valence-electron chi connectivity index (χ2n) is 5.39. The van der Waals surface area contributed by atoms with Crippen LogP contribution in [0.4, 0.5) is 0 Å². The first-order valence-electron chi connectivity index (χ1n) is 7.77. The maximum absolute atomic E-state index is 12.4. The van der Waals surface area contributed by atoms with Gasteiger partial charge in [0.05, 0.1) is 27.8 Å². The van der Waals surface area contributed by atoms with Crippen molar-refractivity contribution in [3.63, 3.8) is 0 Å². The molecule has 3 aromatic rings. The summed E-state index contributed by atoms with van der Waals surface area (Å²) in [5.41, 5.74) is -0.00844. The van der Waals surface area contributed by atoms with Crippen LogP contribution in [0.3, 0.4) is 0 Å². The lowest BCUT2D eigenvalue weighted by Crippen LogP contribution is -2.32. The summed E-state index contributed by atoms with van der Waals surface area (Å²) in [5.74, 6) is 0.0326. The van der Waals surface area contributed by atoms with Gasteiger partial charge in [-0.05, 0) is 58.5 Å². The van der Waals surface area contributed by atoms with Crippen LogP contribution in [-0.2, 0) is 9.53 Å². The number of halogens is 1. The van der Waals surface area contributed by atoms with Crippen LogP contribution in [0.25, 0.3) is 10.9 Å². The van der Waals surface area contributed by atoms with E-state index in [1.807, 2.05) is 22.6 Å². The van der Waals surface area contributed by atoms with Crippen molar-refractivity contribution in [3.8, 4) is 5.75 Å². The molecule has 0 aliphatic heterocycles. The first-order valence-corrected chi connectivity index (χ1v) is 8.85. The Kier molecular flexibility index (Phi) is 5.69. The minimum atomic E-state index is -0.623. The highest BCUT2D eigenvalue weighted by molar-refractivity contribution is 14.1. The Labute approximate surface area is 166 Å². The van der Waals surface area contributed by atoms with E-state index >= 15 is 0 Å². The number of hydrogen-bond acceptors (Lipinski definition) is 6. The number of nitrogens with one attached hydrogen (secondary N) is 1. The van der Waals surface area contributed by atoms with Gasteiger partial charge in [0.1, 0.15) is 5.75 Å². The van der Waals surface area contributed by atoms with Crippen molar-refractivity contribution in [3.05, 3.63) is 72.4 Å². The van der Waals surface area contributed by atoms with Crippen molar-refractivity contribution in [1.29, 1.82) is 0 Å². The molecule has 27 heavy (non-hydrogen) atoms. The Bertz CT molecular complexity index is 1150. The molecule has 0 spiro atoms. The molecule has 0 fully saturated rings. The summed E-state index contributed by atoms with van der Waals surface area (Å²) < 4.78 is 11.4. The van der Waals surface area contributed by atoms with Crippen molar-refractivity contribution >= 4 is 45.7 Å². The summed E-state index contributed by atoms with van der Waals surface area (Å²) in [5, 5.41) is 4.37. The monoisotopic (exact) mass is 479 g/mol. The molecule has 1 N–H and O–H groups in total. The molecule has 0 aliphatic rings. The molecule has 0 saturated heterocycles. The van der Waals surface area contributed by atoms with Crippen molar-refractivity contribution < 1.29 is 14.3 Å². The Morgan fingerprint density at radius 2 is 2.04 bits per heavy atom. The third kappa shape index (κ3) is 4.25. The number of H-pyrrole nitrogens is 1. The fraction of sp³-hybridized carbons (Fsp3) is 0.111. The molecule has 0 unspecified atom stereocenters. The van der Waals surface area contributed by atoms with E-state index in [-0.39, 0.29) is 6.61 Å². The molecule has 3 rings (SSSR count). The van der Waals surface area contributed by atoms with Gasteiger partial charge in [-0.15, -0.1) is 4.68 Å². The van der Waals surface area contributed by atoms with E-state index in [9.17, 15) is 14.4 Å². The average molecular weight is 479 g/mol.